The molecule has 2 aromatic rings. The minimum absolute atomic E-state index is 0.0240. The molecule has 0 aromatic carbocycles. The molecule has 2 aromatic heterocycles. The summed E-state index contributed by atoms with van der Waals surface area (Å²) in [5, 5.41) is 4.29. The molecule has 0 spiro atoms. The predicted molar refractivity (Wildman–Crippen MR) is 71.2 cm³/mol. The zero-order valence-corrected chi connectivity index (χ0v) is 10.6. The van der Waals surface area contributed by atoms with Crippen LogP contribution in [0.2, 0.25) is 0 Å². The maximum atomic E-state index is 11.0. The molecule has 0 amide bonds. The minimum Gasteiger partial charge on any atom is -0.295 e. The van der Waals surface area contributed by atoms with Crippen LogP contribution in [0.5, 0.6) is 0 Å². The second-order valence-corrected chi connectivity index (χ2v) is 4.24. The van der Waals surface area contributed by atoms with Gasteiger partial charge in [0.1, 0.15) is 0 Å². The van der Waals surface area contributed by atoms with E-state index in [1.807, 2.05) is 31.3 Å². The molecule has 4 nitrogen and oxygen atoms in total. The number of aryl methyl sites for hydroxylation is 1. The summed E-state index contributed by atoms with van der Waals surface area (Å²) in [5.74, 6) is 0.0240. The number of carbonyl (C=O) groups is 1. The summed E-state index contributed by atoms with van der Waals surface area (Å²) in [5.41, 5.74) is 3.32. The van der Waals surface area contributed by atoms with Crippen LogP contribution >= 0.6 is 0 Å². The highest BCUT2D eigenvalue weighted by Crippen LogP contribution is 2.08. The Morgan fingerprint density at radius 2 is 2.33 bits per heavy atom. The van der Waals surface area contributed by atoms with Crippen LogP contribution in [0, 0.1) is 6.92 Å². The highest BCUT2D eigenvalue weighted by molar-refractivity contribution is 5.92. The number of allylic oxidation sites excluding steroid dienone is 2. The number of rotatable bonds is 4. The van der Waals surface area contributed by atoms with E-state index in [1.165, 1.54) is 6.92 Å². The molecule has 0 radical (unpaired) electrons. The topological polar surface area (TPSA) is 47.3 Å². The zero-order valence-electron chi connectivity index (χ0n) is 10.6. The molecule has 0 bridgehead atoms. The summed E-state index contributed by atoms with van der Waals surface area (Å²) in [6.45, 7) is 7.16. The SMILES string of the molecule is C=C(C/C=C/c1cnc2cc(C)nn2c1)C(C)=O. The van der Waals surface area contributed by atoms with Crippen LogP contribution in [0.1, 0.15) is 24.6 Å². The van der Waals surface area contributed by atoms with Crippen LogP contribution in [0.25, 0.3) is 11.7 Å². The Morgan fingerprint density at radius 3 is 3.06 bits per heavy atom. The Bertz CT molecular complexity index is 638. The number of Topliss-reactive ketones (excluding diaryl/α,β-unsaturated/α-hetero) is 1. The first kappa shape index (κ1) is 12.2. The maximum absolute atomic E-state index is 11.0. The third-order valence-corrected chi connectivity index (χ3v) is 2.63. The standard InChI is InChI=1S/C14H15N3O/c1-10(12(3)18)5-4-6-13-8-15-14-7-11(2)16-17(14)9-13/h4,6-9H,1,5H2,2-3H3/b6-4+. The van der Waals surface area contributed by atoms with Gasteiger partial charge in [-0.1, -0.05) is 18.7 Å². The van der Waals surface area contributed by atoms with Gasteiger partial charge in [0.05, 0.1) is 5.69 Å². The number of carbonyl (C=O) groups excluding carboxylic acids is 1. The first-order chi connectivity index (χ1) is 8.56. The van der Waals surface area contributed by atoms with Crippen LogP contribution in [0.15, 0.2) is 36.7 Å². The summed E-state index contributed by atoms with van der Waals surface area (Å²) in [6, 6.07) is 1.92. The largest absolute Gasteiger partial charge is 0.295 e. The van der Waals surface area contributed by atoms with Crippen molar-refractivity contribution in [3.05, 3.63) is 47.9 Å². The average Bonchev–Trinajstić information content (AvgIpc) is 2.68. The number of nitrogens with zero attached hydrogens (tertiary/aromatic N) is 3. The number of fused-ring (bicyclic) bond motifs is 1. The Balaban J connectivity index is 2.14. The van der Waals surface area contributed by atoms with Crippen molar-refractivity contribution in [1.29, 1.82) is 0 Å². The van der Waals surface area contributed by atoms with Gasteiger partial charge in [0.2, 0.25) is 0 Å². The lowest BCUT2D eigenvalue weighted by Gasteiger charge is -1.96. The third-order valence-electron chi connectivity index (χ3n) is 2.63. The van der Waals surface area contributed by atoms with Gasteiger partial charge in [-0.25, -0.2) is 9.50 Å². The fourth-order valence-corrected chi connectivity index (χ4v) is 1.58. The van der Waals surface area contributed by atoms with E-state index in [0.717, 1.165) is 16.9 Å². The van der Waals surface area contributed by atoms with E-state index < -0.39 is 0 Å². The van der Waals surface area contributed by atoms with Gasteiger partial charge in [0.25, 0.3) is 0 Å². The lowest BCUT2D eigenvalue weighted by molar-refractivity contribution is -0.113. The first-order valence-corrected chi connectivity index (χ1v) is 5.73. The minimum atomic E-state index is 0.0240. The molecule has 0 unspecified atom stereocenters. The monoisotopic (exact) mass is 241 g/mol. The maximum Gasteiger partial charge on any atom is 0.155 e. The van der Waals surface area contributed by atoms with Gasteiger partial charge in [-0.15, -0.1) is 0 Å². The van der Waals surface area contributed by atoms with Gasteiger partial charge in [-0.3, -0.25) is 4.79 Å². The molecule has 0 fully saturated rings. The third kappa shape index (κ3) is 2.71. The van der Waals surface area contributed by atoms with Crippen molar-refractivity contribution < 1.29 is 4.79 Å². The van der Waals surface area contributed by atoms with Gasteiger partial charge in [-0.2, -0.15) is 5.10 Å². The van der Waals surface area contributed by atoms with E-state index in [0.29, 0.717) is 12.0 Å². The van der Waals surface area contributed by atoms with Crippen LogP contribution < -0.4 is 0 Å². The molecule has 0 saturated heterocycles. The quantitative estimate of drug-likeness (QED) is 0.773. The Morgan fingerprint density at radius 1 is 1.56 bits per heavy atom. The number of hydrogen-bond donors (Lipinski definition) is 0. The van der Waals surface area contributed by atoms with Gasteiger partial charge < -0.3 is 0 Å². The van der Waals surface area contributed by atoms with Gasteiger partial charge in [0, 0.05) is 24.0 Å². The van der Waals surface area contributed by atoms with Crippen molar-refractivity contribution in [2.24, 2.45) is 0 Å². The fourth-order valence-electron chi connectivity index (χ4n) is 1.58. The molecule has 2 heterocycles. The first-order valence-electron chi connectivity index (χ1n) is 5.73. The molecule has 4 heteroatoms. The van der Waals surface area contributed by atoms with E-state index in [1.54, 1.807) is 10.7 Å². The van der Waals surface area contributed by atoms with Crippen molar-refractivity contribution in [1.82, 2.24) is 14.6 Å². The van der Waals surface area contributed by atoms with E-state index in [2.05, 4.69) is 16.7 Å². The Hall–Kier alpha value is -2.23. The lowest BCUT2D eigenvalue weighted by Crippen LogP contribution is -1.93. The number of aromatic nitrogens is 3. The summed E-state index contributed by atoms with van der Waals surface area (Å²) < 4.78 is 1.74. The van der Waals surface area contributed by atoms with Crippen molar-refractivity contribution in [3.8, 4) is 0 Å². The van der Waals surface area contributed by atoms with Crippen molar-refractivity contribution in [3.63, 3.8) is 0 Å². The normalized spacial score (nSPS) is 11.2. The molecule has 18 heavy (non-hydrogen) atoms. The summed E-state index contributed by atoms with van der Waals surface area (Å²) in [7, 11) is 0. The van der Waals surface area contributed by atoms with Crippen LogP contribution in [-0.2, 0) is 4.79 Å². The molecule has 92 valence electrons. The van der Waals surface area contributed by atoms with Crippen LogP contribution in [0.4, 0.5) is 0 Å². The van der Waals surface area contributed by atoms with Crippen molar-refractivity contribution in [2.75, 3.05) is 0 Å². The molecule has 0 atom stereocenters. The Labute approximate surface area is 106 Å². The molecule has 0 aliphatic rings. The highest BCUT2D eigenvalue weighted by Gasteiger charge is 1.99. The molecule has 0 aliphatic carbocycles. The molecular weight excluding hydrogens is 226 g/mol. The fraction of sp³-hybridized carbons (Fsp3) is 0.214. The van der Waals surface area contributed by atoms with E-state index in [4.69, 9.17) is 0 Å². The van der Waals surface area contributed by atoms with Gasteiger partial charge in [-0.05, 0) is 25.8 Å². The molecular formula is C14H15N3O. The smallest absolute Gasteiger partial charge is 0.155 e. The predicted octanol–water partition coefficient (Wildman–Crippen LogP) is 2.59. The van der Waals surface area contributed by atoms with E-state index in [9.17, 15) is 4.79 Å². The lowest BCUT2D eigenvalue weighted by atomic mass is 10.1. The average molecular weight is 241 g/mol. The summed E-state index contributed by atoms with van der Waals surface area (Å²) in [4.78, 5) is 15.3. The number of hydrogen-bond acceptors (Lipinski definition) is 3. The highest BCUT2D eigenvalue weighted by atomic mass is 16.1. The number of ketones is 1. The molecule has 2 rings (SSSR count). The zero-order chi connectivity index (χ0) is 13.1. The van der Waals surface area contributed by atoms with Crippen molar-refractivity contribution in [2.45, 2.75) is 20.3 Å². The van der Waals surface area contributed by atoms with Gasteiger partial charge in [0.15, 0.2) is 11.4 Å². The summed E-state index contributed by atoms with van der Waals surface area (Å²) >= 11 is 0. The molecule has 0 aliphatic heterocycles. The van der Waals surface area contributed by atoms with E-state index in [-0.39, 0.29) is 5.78 Å². The molecule has 0 saturated carbocycles. The van der Waals surface area contributed by atoms with Gasteiger partial charge >= 0.3 is 0 Å². The van der Waals surface area contributed by atoms with Crippen LogP contribution in [-0.4, -0.2) is 20.4 Å². The second kappa shape index (κ2) is 4.96. The Kier molecular flexibility index (Phi) is 3.37. The van der Waals surface area contributed by atoms with Crippen molar-refractivity contribution >= 4 is 17.5 Å². The summed E-state index contributed by atoms with van der Waals surface area (Å²) in [6.07, 6.45) is 8.07. The van der Waals surface area contributed by atoms with E-state index >= 15 is 0 Å². The van der Waals surface area contributed by atoms with Crippen LogP contribution in [0.3, 0.4) is 0 Å². The molecule has 0 N–H and O–H groups in total. The second-order valence-electron chi connectivity index (χ2n) is 4.24.